The molecule has 98 valence electrons. The molecule has 1 aliphatic carbocycles. The summed E-state index contributed by atoms with van der Waals surface area (Å²) in [6.07, 6.45) is 6.22. The van der Waals surface area contributed by atoms with E-state index < -0.39 is 5.91 Å². The number of benzene rings is 1. The van der Waals surface area contributed by atoms with Crippen molar-refractivity contribution in [3.8, 4) is 0 Å². The molecule has 0 aliphatic heterocycles. The Balaban J connectivity index is 1.99. The van der Waals surface area contributed by atoms with E-state index in [4.69, 9.17) is 5.73 Å². The molecule has 1 saturated carbocycles. The molecule has 1 fully saturated rings. The minimum atomic E-state index is -0.532. The quantitative estimate of drug-likeness (QED) is 0.863. The van der Waals surface area contributed by atoms with E-state index in [1.165, 1.54) is 50.3 Å². The molecule has 2 rings (SSSR count). The van der Waals surface area contributed by atoms with E-state index in [-0.39, 0.29) is 5.82 Å². The minimum Gasteiger partial charge on any atom is -0.382 e. The molecule has 0 heterocycles. The van der Waals surface area contributed by atoms with Gasteiger partial charge in [-0.05, 0) is 37.0 Å². The van der Waals surface area contributed by atoms with E-state index in [0.717, 1.165) is 6.54 Å². The SMILES string of the molecule is NC(=O)c1ccc(F)c(NCC2CCCCC2)c1. The van der Waals surface area contributed by atoms with Gasteiger partial charge in [0, 0.05) is 12.1 Å². The third-order valence-corrected chi connectivity index (χ3v) is 3.56. The third kappa shape index (κ3) is 3.22. The van der Waals surface area contributed by atoms with Crippen molar-refractivity contribution >= 4 is 11.6 Å². The Morgan fingerprint density at radius 3 is 2.72 bits per heavy atom. The van der Waals surface area contributed by atoms with Gasteiger partial charge in [0.1, 0.15) is 5.82 Å². The average Bonchev–Trinajstić information content (AvgIpc) is 2.38. The number of rotatable bonds is 4. The van der Waals surface area contributed by atoms with E-state index >= 15 is 0 Å². The van der Waals surface area contributed by atoms with Crippen LogP contribution in [0.2, 0.25) is 0 Å². The third-order valence-electron chi connectivity index (χ3n) is 3.56. The van der Waals surface area contributed by atoms with Gasteiger partial charge >= 0.3 is 0 Å². The maximum absolute atomic E-state index is 13.6. The summed E-state index contributed by atoms with van der Waals surface area (Å²) in [4.78, 5) is 11.0. The Bertz CT molecular complexity index is 428. The fourth-order valence-electron chi connectivity index (χ4n) is 2.46. The molecule has 1 aromatic rings. The van der Waals surface area contributed by atoms with Gasteiger partial charge in [0.25, 0.3) is 0 Å². The second-order valence-electron chi connectivity index (χ2n) is 4.94. The molecule has 0 saturated heterocycles. The highest BCUT2D eigenvalue weighted by Gasteiger charge is 2.14. The van der Waals surface area contributed by atoms with Crippen LogP contribution >= 0.6 is 0 Å². The van der Waals surface area contributed by atoms with Crippen molar-refractivity contribution in [2.24, 2.45) is 11.7 Å². The minimum absolute atomic E-state index is 0.336. The van der Waals surface area contributed by atoms with Crippen LogP contribution in [0.1, 0.15) is 42.5 Å². The molecule has 4 heteroatoms. The van der Waals surface area contributed by atoms with Crippen LogP contribution in [0.25, 0.3) is 0 Å². The Morgan fingerprint density at radius 1 is 1.33 bits per heavy atom. The van der Waals surface area contributed by atoms with Gasteiger partial charge in [0.05, 0.1) is 5.69 Å². The van der Waals surface area contributed by atoms with Gasteiger partial charge in [-0.1, -0.05) is 19.3 Å². The average molecular weight is 250 g/mol. The van der Waals surface area contributed by atoms with Crippen molar-refractivity contribution in [3.05, 3.63) is 29.6 Å². The first-order valence-electron chi connectivity index (χ1n) is 6.50. The molecule has 1 aliphatic rings. The van der Waals surface area contributed by atoms with Gasteiger partial charge in [0.2, 0.25) is 5.91 Å². The molecule has 3 N–H and O–H groups in total. The second-order valence-corrected chi connectivity index (χ2v) is 4.94. The topological polar surface area (TPSA) is 55.1 Å². The zero-order valence-corrected chi connectivity index (χ0v) is 10.4. The van der Waals surface area contributed by atoms with Crippen LogP contribution in [-0.4, -0.2) is 12.5 Å². The lowest BCUT2D eigenvalue weighted by Crippen LogP contribution is -2.18. The first-order chi connectivity index (χ1) is 8.66. The van der Waals surface area contributed by atoms with Crippen molar-refractivity contribution in [2.45, 2.75) is 32.1 Å². The van der Waals surface area contributed by atoms with E-state index in [2.05, 4.69) is 5.32 Å². The number of nitrogens with one attached hydrogen (secondary N) is 1. The summed E-state index contributed by atoms with van der Waals surface area (Å²) in [5.74, 6) is -0.262. The number of carbonyl (C=O) groups is 1. The number of anilines is 1. The fraction of sp³-hybridized carbons (Fsp3) is 0.500. The second kappa shape index (κ2) is 5.85. The highest BCUT2D eigenvalue weighted by molar-refractivity contribution is 5.93. The molecule has 3 nitrogen and oxygen atoms in total. The van der Waals surface area contributed by atoms with Gasteiger partial charge in [0.15, 0.2) is 0 Å². The van der Waals surface area contributed by atoms with Crippen molar-refractivity contribution in [1.29, 1.82) is 0 Å². The number of amides is 1. The van der Waals surface area contributed by atoms with Crippen molar-refractivity contribution in [3.63, 3.8) is 0 Å². The summed E-state index contributed by atoms with van der Waals surface area (Å²) in [6, 6.07) is 4.17. The van der Waals surface area contributed by atoms with Crippen LogP contribution in [0.15, 0.2) is 18.2 Å². The first kappa shape index (κ1) is 12.9. The maximum Gasteiger partial charge on any atom is 0.248 e. The summed E-state index contributed by atoms with van der Waals surface area (Å²) in [7, 11) is 0. The Labute approximate surface area is 107 Å². The summed E-state index contributed by atoms with van der Waals surface area (Å²) in [5.41, 5.74) is 5.89. The zero-order valence-electron chi connectivity index (χ0n) is 10.4. The molecular weight excluding hydrogens is 231 g/mol. The Morgan fingerprint density at radius 2 is 2.06 bits per heavy atom. The van der Waals surface area contributed by atoms with Gasteiger partial charge in [-0.3, -0.25) is 4.79 Å². The van der Waals surface area contributed by atoms with Crippen LogP contribution in [0, 0.1) is 11.7 Å². The number of carbonyl (C=O) groups excluding carboxylic acids is 1. The fourth-order valence-corrected chi connectivity index (χ4v) is 2.46. The van der Waals surface area contributed by atoms with Crippen LogP contribution < -0.4 is 11.1 Å². The van der Waals surface area contributed by atoms with E-state index in [1.807, 2.05) is 0 Å². The molecule has 0 spiro atoms. The molecule has 1 aromatic carbocycles. The van der Waals surface area contributed by atoms with Gasteiger partial charge in [-0.25, -0.2) is 4.39 Å². The highest BCUT2D eigenvalue weighted by Crippen LogP contribution is 2.24. The van der Waals surface area contributed by atoms with Crippen molar-refractivity contribution < 1.29 is 9.18 Å². The van der Waals surface area contributed by atoms with E-state index in [1.54, 1.807) is 0 Å². The summed E-state index contributed by atoms with van der Waals surface area (Å²) >= 11 is 0. The summed E-state index contributed by atoms with van der Waals surface area (Å²) in [5, 5.41) is 3.10. The van der Waals surface area contributed by atoms with Crippen LogP contribution in [0.4, 0.5) is 10.1 Å². The van der Waals surface area contributed by atoms with Gasteiger partial charge < -0.3 is 11.1 Å². The van der Waals surface area contributed by atoms with Crippen LogP contribution in [0.3, 0.4) is 0 Å². The van der Waals surface area contributed by atoms with Gasteiger partial charge in [-0.2, -0.15) is 0 Å². The number of nitrogens with two attached hydrogens (primary N) is 1. The number of hydrogen-bond donors (Lipinski definition) is 2. The number of halogens is 1. The predicted octanol–water partition coefficient (Wildman–Crippen LogP) is 2.92. The normalized spacial score (nSPS) is 16.5. The van der Waals surface area contributed by atoms with Crippen LogP contribution in [-0.2, 0) is 0 Å². The van der Waals surface area contributed by atoms with Crippen molar-refractivity contribution in [1.82, 2.24) is 0 Å². The summed E-state index contributed by atoms with van der Waals surface area (Å²) in [6.45, 7) is 0.763. The monoisotopic (exact) mass is 250 g/mol. The Kier molecular flexibility index (Phi) is 4.18. The van der Waals surface area contributed by atoms with E-state index in [9.17, 15) is 9.18 Å². The van der Waals surface area contributed by atoms with Gasteiger partial charge in [-0.15, -0.1) is 0 Å². The standard InChI is InChI=1S/C14H19FN2O/c15-12-7-6-11(14(16)18)8-13(12)17-9-10-4-2-1-3-5-10/h6-8,10,17H,1-5,9H2,(H2,16,18). The number of primary amides is 1. The lowest BCUT2D eigenvalue weighted by molar-refractivity contribution is 0.100. The lowest BCUT2D eigenvalue weighted by atomic mass is 9.89. The number of hydrogen-bond acceptors (Lipinski definition) is 2. The largest absolute Gasteiger partial charge is 0.382 e. The molecule has 18 heavy (non-hydrogen) atoms. The lowest BCUT2D eigenvalue weighted by Gasteiger charge is -2.22. The predicted molar refractivity (Wildman–Crippen MR) is 70.0 cm³/mol. The first-order valence-corrected chi connectivity index (χ1v) is 6.50. The zero-order chi connectivity index (χ0) is 13.0. The molecule has 0 unspecified atom stereocenters. The molecule has 0 radical (unpaired) electrons. The molecular formula is C14H19FN2O. The van der Waals surface area contributed by atoms with E-state index in [0.29, 0.717) is 17.2 Å². The Hall–Kier alpha value is -1.58. The van der Waals surface area contributed by atoms with Crippen molar-refractivity contribution in [2.75, 3.05) is 11.9 Å². The molecule has 0 atom stereocenters. The molecule has 0 bridgehead atoms. The highest BCUT2D eigenvalue weighted by atomic mass is 19.1. The maximum atomic E-state index is 13.6. The molecule has 1 amide bonds. The van der Waals surface area contributed by atoms with Crippen LogP contribution in [0.5, 0.6) is 0 Å². The summed E-state index contributed by atoms with van der Waals surface area (Å²) < 4.78 is 13.6. The molecule has 0 aromatic heterocycles. The smallest absolute Gasteiger partial charge is 0.248 e.